The van der Waals surface area contributed by atoms with Crippen molar-refractivity contribution in [3.63, 3.8) is 0 Å². The van der Waals surface area contributed by atoms with E-state index in [1.54, 1.807) is 30.5 Å². The largest absolute Gasteiger partial charge is 0.282 e. The van der Waals surface area contributed by atoms with E-state index in [2.05, 4.69) is 9.71 Å². The molecule has 1 N–H and O–H groups in total. The molecule has 1 aromatic heterocycles. The van der Waals surface area contributed by atoms with Crippen molar-refractivity contribution in [3.8, 4) is 6.07 Å². The highest BCUT2D eigenvalue weighted by molar-refractivity contribution is 7.92. The van der Waals surface area contributed by atoms with E-state index in [1.165, 1.54) is 6.07 Å². The molecule has 0 fully saturated rings. The zero-order valence-corrected chi connectivity index (χ0v) is 11.8. The molecule has 0 unspecified atom stereocenters. The predicted molar refractivity (Wildman–Crippen MR) is 76.5 cm³/mol. The summed E-state index contributed by atoms with van der Waals surface area (Å²) in [6, 6.07) is 10.3. The molecule has 0 aliphatic carbocycles. The Bertz CT molecular complexity index is 771. The Labute approximate surface area is 122 Å². The molecule has 1 heterocycles. The van der Waals surface area contributed by atoms with Crippen LogP contribution in [0.4, 0.5) is 10.1 Å². The summed E-state index contributed by atoms with van der Waals surface area (Å²) in [5.41, 5.74) is 0.666. The smallest absolute Gasteiger partial charge is 0.233 e. The molecule has 0 radical (unpaired) electrons. The van der Waals surface area contributed by atoms with E-state index >= 15 is 0 Å². The van der Waals surface area contributed by atoms with Crippen molar-refractivity contribution >= 4 is 15.7 Å². The van der Waals surface area contributed by atoms with Gasteiger partial charge in [-0.1, -0.05) is 6.07 Å². The molecule has 21 heavy (non-hydrogen) atoms. The average molecular weight is 305 g/mol. The monoisotopic (exact) mass is 305 g/mol. The van der Waals surface area contributed by atoms with Crippen LogP contribution in [0.1, 0.15) is 11.3 Å². The number of hydrogen-bond donors (Lipinski definition) is 1. The summed E-state index contributed by atoms with van der Waals surface area (Å²) in [6.45, 7) is 0. The third-order valence-electron chi connectivity index (χ3n) is 2.72. The first-order chi connectivity index (χ1) is 10.00. The van der Waals surface area contributed by atoms with Crippen LogP contribution in [0.3, 0.4) is 0 Å². The van der Waals surface area contributed by atoms with Crippen LogP contribution in [0.2, 0.25) is 0 Å². The second-order valence-electron chi connectivity index (χ2n) is 4.29. The first-order valence-electron chi connectivity index (χ1n) is 6.10. The van der Waals surface area contributed by atoms with Gasteiger partial charge in [-0.05, 0) is 30.3 Å². The van der Waals surface area contributed by atoms with Crippen LogP contribution in [0.5, 0.6) is 0 Å². The van der Waals surface area contributed by atoms with Crippen molar-refractivity contribution in [2.75, 3.05) is 10.5 Å². The summed E-state index contributed by atoms with van der Waals surface area (Å²) in [5.74, 6) is -0.769. The number of anilines is 1. The predicted octanol–water partition coefficient (Wildman–Crippen LogP) is 2.08. The lowest BCUT2D eigenvalue weighted by atomic mass is 10.2. The summed E-state index contributed by atoms with van der Waals surface area (Å²) in [4.78, 5) is 4.04. The fourth-order valence-electron chi connectivity index (χ4n) is 1.70. The van der Waals surface area contributed by atoms with Crippen LogP contribution in [0.15, 0.2) is 42.6 Å². The lowest BCUT2D eigenvalue weighted by Gasteiger charge is -2.09. The summed E-state index contributed by atoms with van der Waals surface area (Å²) in [7, 11) is -3.64. The molecule has 2 aromatic rings. The number of pyridine rings is 1. The van der Waals surface area contributed by atoms with Crippen molar-refractivity contribution in [2.45, 2.75) is 6.42 Å². The maximum absolute atomic E-state index is 13.0. The first kappa shape index (κ1) is 14.9. The quantitative estimate of drug-likeness (QED) is 0.916. The number of aromatic nitrogens is 1. The van der Waals surface area contributed by atoms with Gasteiger partial charge in [-0.15, -0.1) is 0 Å². The Morgan fingerprint density at radius 1 is 1.29 bits per heavy atom. The Hall–Kier alpha value is -2.46. The second kappa shape index (κ2) is 6.33. The summed E-state index contributed by atoms with van der Waals surface area (Å²) >= 11 is 0. The van der Waals surface area contributed by atoms with E-state index in [-0.39, 0.29) is 23.4 Å². The van der Waals surface area contributed by atoms with E-state index < -0.39 is 15.8 Å². The highest BCUT2D eigenvalue weighted by atomic mass is 32.2. The number of hydrogen-bond acceptors (Lipinski definition) is 4. The molecule has 1 aromatic carbocycles. The number of nitrogens with zero attached hydrogens (tertiary/aromatic N) is 2. The molecule has 7 heteroatoms. The van der Waals surface area contributed by atoms with Gasteiger partial charge in [0, 0.05) is 18.3 Å². The molecular formula is C14H12FN3O2S. The van der Waals surface area contributed by atoms with Crippen LogP contribution in [0, 0.1) is 17.1 Å². The average Bonchev–Trinajstić information content (AvgIpc) is 2.48. The van der Waals surface area contributed by atoms with Crippen molar-refractivity contribution in [2.24, 2.45) is 0 Å². The number of nitrogens with one attached hydrogen (secondary N) is 1. The minimum Gasteiger partial charge on any atom is -0.282 e. The van der Waals surface area contributed by atoms with Crippen LogP contribution < -0.4 is 4.72 Å². The van der Waals surface area contributed by atoms with E-state index in [0.717, 1.165) is 12.1 Å². The molecule has 0 spiro atoms. The van der Waals surface area contributed by atoms with E-state index in [4.69, 9.17) is 5.26 Å². The Kier molecular flexibility index (Phi) is 4.50. The SMILES string of the molecule is N#Cc1cc(F)ccc1NS(=O)(=O)CCc1ccccn1. The molecule has 2 rings (SSSR count). The highest BCUT2D eigenvalue weighted by Gasteiger charge is 2.14. The normalized spacial score (nSPS) is 10.9. The van der Waals surface area contributed by atoms with Gasteiger partial charge in [-0.3, -0.25) is 9.71 Å². The van der Waals surface area contributed by atoms with Crippen molar-refractivity contribution in [3.05, 3.63) is 59.7 Å². The fourth-order valence-corrected chi connectivity index (χ4v) is 2.79. The van der Waals surface area contributed by atoms with E-state index in [0.29, 0.717) is 5.69 Å². The molecule has 108 valence electrons. The minimum absolute atomic E-state index is 0.0589. The summed E-state index contributed by atoms with van der Waals surface area (Å²) in [5, 5.41) is 8.89. The third-order valence-corrected chi connectivity index (χ3v) is 3.99. The van der Waals surface area contributed by atoms with Crippen LogP contribution in [-0.4, -0.2) is 19.2 Å². The molecule has 5 nitrogen and oxygen atoms in total. The van der Waals surface area contributed by atoms with Crippen LogP contribution >= 0.6 is 0 Å². The lowest BCUT2D eigenvalue weighted by Crippen LogP contribution is -2.19. The standard InChI is InChI=1S/C14H12FN3O2S/c15-12-4-5-14(11(9-12)10-16)18-21(19,20)8-6-13-3-1-2-7-17-13/h1-5,7,9,18H,6,8H2. The summed E-state index contributed by atoms with van der Waals surface area (Å²) < 4.78 is 39.3. The zero-order chi connectivity index (χ0) is 15.3. The number of aryl methyl sites for hydroxylation is 1. The Morgan fingerprint density at radius 2 is 2.10 bits per heavy atom. The van der Waals surface area contributed by atoms with E-state index in [9.17, 15) is 12.8 Å². The molecule has 0 saturated carbocycles. The minimum atomic E-state index is -3.64. The van der Waals surface area contributed by atoms with Crippen LogP contribution in [0.25, 0.3) is 0 Å². The molecule has 0 bridgehead atoms. The number of sulfonamides is 1. The first-order valence-corrected chi connectivity index (χ1v) is 7.75. The molecule has 0 aliphatic rings. The van der Waals surface area contributed by atoms with Gasteiger partial charge in [0.2, 0.25) is 10.0 Å². The van der Waals surface area contributed by atoms with Crippen LogP contribution in [-0.2, 0) is 16.4 Å². The van der Waals surface area contributed by atoms with Gasteiger partial charge < -0.3 is 0 Å². The number of benzene rings is 1. The van der Waals surface area contributed by atoms with Gasteiger partial charge in [-0.25, -0.2) is 12.8 Å². The molecule has 0 aliphatic heterocycles. The van der Waals surface area contributed by atoms with Gasteiger partial charge in [0.05, 0.1) is 17.0 Å². The van der Waals surface area contributed by atoms with Crippen molar-refractivity contribution in [1.29, 1.82) is 5.26 Å². The molecule has 0 amide bonds. The molecule has 0 saturated heterocycles. The Morgan fingerprint density at radius 3 is 2.76 bits per heavy atom. The Balaban J connectivity index is 2.10. The van der Waals surface area contributed by atoms with Gasteiger partial charge in [0.1, 0.15) is 11.9 Å². The number of halogens is 1. The maximum atomic E-state index is 13.0. The molecule has 0 atom stereocenters. The van der Waals surface area contributed by atoms with E-state index in [1.807, 2.05) is 0 Å². The number of nitriles is 1. The fraction of sp³-hybridized carbons (Fsp3) is 0.143. The zero-order valence-electron chi connectivity index (χ0n) is 11.0. The maximum Gasteiger partial charge on any atom is 0.233 e. The van der Waals surface area contributed by atoms with Gasteiger partial charge >= 0.3 is 0 Å². The van der Waals surface area contributed by atoms with Gasteiger partial charge in [-0.2, -0.15) is 5.26 Å². The third kappa shape index (κ3) is 4.26. The van der Waals surface area contributed by atoms with Gasteiger partial charge in [0.25, 0.3) is 0 Å². The van der Waals surface area contributed by atoms with Crippen molar-refractivity contribution < 1.29 is 12.8 Å². The van der Waals surface area contributed by atoms with Gasteiger partial charge in [0.15, 0.2) is 0 Å². The molecular weight excluding hydrogens is 293 g/mol. The lowest BCUT2D eigenvalue weighted by molar-refractivity contribution is 0.600. The number of rotatable bonds is 5. The highest BCUT2D eigenvalue weighted by Crippen LogP contribution is 2.17. The second-order valence-corrected chi connectivity index (χ2v) is 6.14. The summed E-state index contributed by atoms with van der Waals surface area (Å²) in [6.07, 6.45) is 1.84. The topological polar surface area (TPSA) is 82.9 Å². The van der Waals surface area contributed by atoms with Crippen molar-refractivity contribution in [1.82, 2.24) is 4.98 Å².